The Morgan fingerprint density at radius 2 is 2.15 bits per heavy atom. The summed E-state index contributed by atoms with van der Waals surface area (Å²) in [6.45, 7) is 7.56. The van der Waals surface area contributed by atoms with Gasteiger partial charge in [0.15, 0.2) is 5.11 Å². The van der Waals surface area contributed by atoms with Crippen molar-refractivity contribution in [2.24, 2.45) is 0 Å². The Bertz CT molecular complexity index is 176. The number of nitrogens with zero attached hydrogens (tertiary/aromatic N) is 1. The van der Waals surface area contributed by atoms with Crippen LogP contribution in [0.2, 0.25) is 0 Å². The molecule has 13 heavy (non-hydrogen) atoms. The number of hydrogen-bond donors (Lipinski definition) is 1. The molecule has 0 saturated heterocycles. The zero-order valence-corrected chi connectivity index (χ0v) is 9.66. The van der Waals surface area contributed by atoms with Gasteiger partial charge >= 0.3 is 0 Å². The molecule has 1 fully saturated rings. The van der Waals surface area contributed by atoms with Crippen LogP contribution in [0.5, 0.6) is 0 Å². The Morgan fingerprint density at radius 3 is 2.54 bits per heavy atom. The van der Waals surface area contributed by atoms with Gasteiger partial charge in [-0.1, -0.05) is 6.92 Å². The van der Waals surface area contributed by atoms with E-state index in [4.69, 9.17) is 12.2 Å². The summed E-state index contributed by atoms with van der Waals surface area (Å²) in [4.78, 5) is 2.34. The fraction of sp³-hybridized carbons (Fsp3) is 0.900. The van der Waals surface area contributed by atoms with E-state index in [1.807, 2.05) is 0 Å². The minimum atomic E-state index is 0.450. The summed E-state index contributed by atoms with van der Waals surface area (Å²) in [6.07, 6.45) is 3.82. The van der Waals surface area contributed by atoms with Crippen LogP contribution < -0.4 is 5.32 Å². The van der Waals surface area contributed by atoms with E-state index in [-0.39, 0.29) is 0 Å². The van der Waals surface area contributed by atoms with Crippen molar-refractivity contribution >= 4 is 17.3 Å². The quantitative estimate of drug-likeness (QED) is 0.700. The molecule has 1 aliphatic rings. The van der Waals surface area contributed by atoms with Crippen molar-refractivity contribution in [3.05, 3.63) is 0 Å². The van der Waals surface area contributed by atoms with Gasteiger partial charge in [-0.05, 0) is 45.3 Å². The molecule has 0 aromatic carbocycles. The Labute approximate surface area is 86.7 Å². The summed E-state index contributed by atoms with van der Waals surface area (Å²) in [5.74, 6) is 0. The van der Waals surface area contributed by atoms with Crippen LogP contribution in [0.15, 0.2) is 0 Å². The van der Waals surface area contributed by atoms with Gasteiger partial charge in [-0.3, -0.25) is 0 Å². The largest absolute Gasteiger partial charge is 0.360 e. The van der Waals surface area contributed by atoms with Gasteiger partial charge in [0.2, 0.25) is 0 Å². The maximum atomic E-state index is 5.35. The molecule has 1 aliphatic carbocycles. The van der Waals surface area contributed by atoms with Crippen LogP contribution in [-0.4, -0.2) is 28.6 Å². The van der Waals surface area contributed by atoms with Crippen molar-refractivity contribution < 1.29 is 0 Å². The van der Waals surface area contributed by atoms with Gasteiger partial charge in [0.05, 0.1) is 0 Å². The van der Waals surface area contributed by atoms with Gasteiger partial charge in [-0.2, -0.15) is 0 Å². The molecule has 0 heterocycles. The third-order valence-corrected chi connectivity index (χ3v) is 2.48. The molecule has 2 nitrogen and oxygen atoms in total. The molecule has 76 valence electrons. The normalized spacial score (nSPS) is 16.0. The van der Waals surface area contributed by atoms with Crippen LogP contribution in [0.3, 0.4) is 0 Å². The van der Waals surface area contributed by atoms with Gasteiger partial charge in [0, 0.05) is 18.6 Å². The number of hydrogen-bond acceptors (Lipinski definition) is 1. The first-order chi connectivity index (χ1) is 6.15. The Balaban J connectivity index is 2.38. The van der Waals surface area contributed by atoms with Crippen molar-refractivity contribution in [2.45, 2.75) is 52.1 Å². The Kier molecular flexibility index (Phi) is 3.97. The van der Waals surface area contributed by atoms with Gasteiger partial charge < -0.3 is 10.2 Å². The maximum Gasteiger partial charge on any atom is 0.169 e. The van der Waals surface area contributed by atoms with Gasteiger partial charge in [0.25, 0.3) is 0 Å². The minimum absolute atomic E-state index is 0.450. The van der Waals surface area contributed by atoms with Gasteiger partial charge in [0.1, 0.15) is 0 Å². The predicted molar refractivity (Wildman–Crippen MR) is 60.9 cm³/mol. The molecule has 0 bridgehead atoms. The van der Waals surface area contributed by atoms with Crippen LogP contribution in [0.1, 0.15) is 40.0 Å². The molecular weight excluding hydrogens is 180 g/mol. The van der Waals surface area contributed by atoms with E-state index in [2.05, 4.69) is 31.0 Å². The first-order valence-electron chi connectivity index (χ1n) is 5.22. The molecule has 0 aromatic heterocycles. The molecule has 1 rings (SSSR count). The van der Waals surface area contributed by atoms with Crippen molar-refractivity contribution in [2.75, 3.05) is 6.54 Å². The van der Waals surface area contributed by atoms with Crippen molar-refractivity contribution in [1.29, 1.82) is 0 Å². The van der Waals surface area contributed by atoms with E-state index in [0.29, 0.717) is 6.04 Å². The summed E-state index contributed by atoms with van der Waals surface area (Å²) in [6, 6.07) is 1.18. The maximum absolute atomic E-state index is 5.35. The summed E-state index contributed by atoms with van der Waals surface area (Å²) >= 11 is 5.35. The van der Waals surface area contributed by atoms with Crippen molar-refractivity contribution in [1.82, 2.24) is 10.2 Å². The third kappa shape index (κ3) is 3.51. The number of nitrogens with one attached hydrogen (secondary N) is 1. The predicted octanol–water partition coefficient (Wildman–Crippen LogP) is 2.14. The van der Waals surface area contributed by atoms with Crippen molar-refractivity contribution in [3.8, 4) is 0 Å². The smallest absolute Gasteiger partial charge is 0.169 e. The molecule has 1 saturated carbocycles. The molecular formula is C10H20N2S. The third-order valence-electron chi connectivity index (χ3n) is 2.13. The molecule has 0 aliphatic heterocycles. The van der Waals surface area contributed by atoms with E-state index in [0.717, 1.165) is 17.7 Å². The molecule has 0 amide bonds. The molecule has 0 aromatic rings. The number of thiocarbonyl (C=S) groups is 1. The Morgan fingerprint density at radius 1 is 1.54 bits per heavy atom. The summed E-state index contributed by atoms with van der Waals surface area (Å²) in [5.41, 5.74) is 0. The lowest BCUT2D eigenvalue weighted by molar-refractivity contribution is 0.397. The van der Waals surface area contributed by atoms with Crippen LogP contribution in [0, 0.1) is 0 Å². The second kappa shape index (κ2) is 4.80. The highest BCUT2D eigenvalue weighted by molar-refractivity contribution is 7.80. The lowest BCUT2D eigenvalue weighted by Gasteiger charge is -2.26. The molecule has 3 heteroatoms. The first-order valence-corrected chi connectivity index (χ1v) is 5.63. The van der Waals surface area contributed by atoms with Crippen LogP contribution in [0.25, 0.3) is 0 Å². The van der Waals surface area contributed by atoms with E-state index in [1.54, 1.807) is 0 Å². The lowest BCUT2D eigenvalue weighted by atomic mass is 10.4. The molecule has 0 spiro atoms. The Hall–Kier alpha value is -0.310. The van der Waals surface area contributed by atoms with Gasteiger partial charge in [-0.15, -0.1) is 0 Å². The SMILES string of the molecule is CCCN(C(=S)NC(C)C)C1CC1. The lowest BCUT2D eigenvalue weighted by Crippen LogP contribution is -2.44. The van der Waals surface area contributed by atoms with Crippen LogP contribution >= 0.6 is 12.2 Å². The summed E-state index contributed by atoms with van der Waals surface area (Å²) < 4.78 is 0. The van der Waals surface area contributed by atoms with E-state index < -0.39 is 0 Å². The van der Waals surface area contributed by atoms with E-state index >= 15 is 0 Å². The second-order valence-electron chi connectivity index (χ2n) is 4.03. The topological polar surface area (TPSA) is 15.3 Å². The van der Waals surface area contributed by atoms with E-state index in [1.165, 1.54) is 19.3 Å². The standard InChI is InChI=1S/C10H20N2S/c1-4-7-12(9-5-6-9)10(13)11-8(2)3/h8-9H,4-7H2,1-3H3,(H,11,13). The zero-order chi connectivity index (χ0) is 9.84. The average Bonchev–Trinajstić information content (AvgIpc) is 2.81. The summed E-state index contributed by atoms with van der Waals surface area (Å²) in [7, 11) is 0. The van der Waals surface area contributed by atoms with E-state index in [9.17, 15) is 0 Å². The fourth-order valence-electron chi connectivity index (χ4n) is 1.41. The highest BCUT2D eigenvalue weighted by atomic mass is 32.1. The minimum Gasteiger partial charge on any atom is -0.360 e. The highest BCUT2D eigenvalue weighted by Crippen LogP contribution is 2.26. The molecule has 0 radical (unpaired) electrons. The van der Waals surface area contributed by atoms with Crippen LogP contribution in [-0.2, 0) is 0 Å². The average molecular weight is 200 g/mol. The van der Waals surface area contributed by atoms with Crippen molar-refractivity contribution in [3.63, 3.8) is 0 Å². The van der Waals surface area contributed by atoms with Gasteiger partial charge in [-0.25, -0.2) is 0 Å². The molecule has 0 atom stereocenters. The fourth-order valence-corrected chi connectivity index (χ4v) is 1.88. The van der Waals surface area contributed by atoms with Crippen LogP contribution in [0.4, 0.5) is 0 Å². The second-order valence-corrected chi connectivity index (χ2v) is 4.42. The number of rotatable bonds is 4. The molecule has 1 N–H and O–H groups in total. The monoisotopic (exact) mass is 200 g/mol. The highest BCUT2D eigenvalue weighted by Gasteiger charge is 2.29. The summed E-state index contributed by atoms with van der Waals surface area (Å²) in [5, 5.41) is 4.25. The zero-order valence-electron chi connectivity index (χ0n) is 8.84. The first kappa shape index (κ1) is 10.8. The molecule has 0 unspecified atom stereocenters.